The van der Waals surface area contributed by atoms with Crippen molar-refractivity contribution in [2.24, 2.45) is 0 Å². The maximum Gasteiger partial charge on any atom is 0.266 e. The molecule has 0 fully saturated rings. The van der Waals surface area contributed by atoms with Crippen molar-refractivity contribution in [3.8, 4) is 0 Å². The van der Waals surface area contributed by atoms with Gasteiger partial charge in [-0.05, 0) is 49.2 Å². The molecule has 3 aromatic rings. The van der Waals surface area contributed by atoms with Crippen molar-refractivity contribution >= 4 is 29.0 Å². The highest BCUT2D eigenvalue weighted by atomic mass is 32.2. The minimum absolute atomic E-state index is 0.0793. The predicted octanol–water partition coefficient (Wildman–Crippen LogP) is 5.60. The van der Waals surface area contributed by atoms with Crippen molar-refractivity contribution in [1.29, 1.82) is 0 Å². The number of rotatable bonds is 10. The fourth-order valence-corrected chi connectivity index (χ4v) is 5.07. The number of hydrogen-bond donors (Lipinski definition) is 1. The van der Waals surface area contributed by atoms with Gasteiger partial charge in [0.05, 0.1) is 17.1 Å². The molecule has 0 saturated carbocycles. The van der Waals surface area contributed by atoms with Gasteiger partial charge < -0.3 is 15.1 Å². The van der Waals surface area contributed by atoms with E-state index in [-0.39, 0.29) is 5.91 Å². The molecule has 1 N–H and O–H groups in total. The number of carbonyl (C=O) groups excluding carboxylic acids is 1. The number of para-hydroxylation sites is 1. The zero-order valence-corrected chi connectivity index (χ0v) is 20.1. The van der Waals surface area contributed by atoms with Crippen LogP contribution in [0.5, 0.6) is 0 Å². The first-order valence-electron chi connectivity index (χ1n) is 11.5. The Morgan fingerprint density at radius 1 is 0.970 bits per heavy atom. The Kier molecular flexibility index (Phi) is 7.74. The lowest BCUT2D eigenvalue weighted by atomic mass is 10.2. The zero-order chi connectivity index (χ0) is 23.0. The summed E-state index contributed by atoms with van der Waals surface area (Å²) in [6.45, 7) is 7.48. The number of benzene rings is 3. The van der Waals surface area contributed by atoms with Gasteiger partial charge in [-0.25, -0.2) is 0 Å². The lowest BCUT2D eigenvalue weighted by molar-refractivity contribution is -0.113. The first kappa shape index (κ1) is 23.0. The molecular weight excluding hydrogens is 426 g/mol. The molecule has 1 aliphatic rings. The van der Waals surface area contributed by atoms with Crippen molar-refractivity contribution in [1.82, 2.24) is 5.32 Å². The van der Waals surface area contributed by atoms with Gasteiger partial charge in [-0.2, -0.15) is 0 Å². The van der Waals surface area contributed by atoms with E-state index in [1.165, 1.54) is 16.8 Å². The van der Waals surface area contributed by atoms with Crippen molar-refractivity contribution in [2.75, 3.05) is 36.0 Å². The maximum absolute atomic E-state index is 13.3. The number of aryl methyl sites for hydroxylation is 1. The van der Waals surface area contributed by atoms with E-state index in [9.17, 15) is 4.79 Å². The quantitative estimate of drug-likeness (QED) is 0.430. The third-order valence-electron chi connectivity index (χ3n) is 5.79. The third kappa shape index (κ3) is 5.79. The van der Waals surface area contributed by atoms with Crippen LogP contribution in [0, 0.1) is 6.92 Å². The smallest absolute Gasteiger partial charge is 0.266 e. The molecule has 1 aliphatic heterocycles. The lowest BCUT2D eigenvalue weighted by Gasteiger charge is -2.24. The van der Waals surface area contributed by atoms with Crippen molar-refractivity contribution < 1.29 is 4.79 Å². The highest BCUT2D eigenvalue weighted by molar-refractivity contribution is 8.03. The standard InChI is InChI=1S/C28H31N3OS/c1-3-30(25-16-10-11-22(2)19-25)18-17-29-26-20-31(24-14-8-5-9-15-24)28(32)27(26)33-21-23-12-6-4-7-13-23/h4-16,19,29H,3,17-18,20-21H2,1-2H3. The molecule has 0 unspecified atom stereocenters. The van der Waals surface area contributed by atoms with Gasteiger partial charge in [0.2, 0.25) is 0 Å². The summed E-state index contributed by atoms with van der Waals surface area (Å²) in [6, 6.07) is 28.9. The van der Waals surface area contributed by atoms with Crippen LogP contribution in [-0.2, 0) is 10.5 Å². The number of anilines is 2. The minimum atomic E-state index is 0.0793. The summed E-state index contributed by atoms with van der Waals surface area (Å²) in [4.78, 5) is 18.4. The number of thioether (sulfide) groups is 1. The Morgan fingerprint density at radius 3 is 2.39 bits per heavy atom. The summed E-state index contributed by atoms with van der Waals surface area (Å²) in [6.07, 6.45) is 0. The average Bonchev–Trinajstić information content (AvgIpc) is 3.16. The van der Waals surface area contributed by atoms with E-state index in [0.29, 0.717) is 6.54 Å². The molecule has 0 bridgehead atoms. The van der Waals surface area contributed by atoms with Gasteiger partial charge >= 0.3 is 0 Å². The second-order valence-corrected chi connectivity index (χ2v) is 9.14. The minimum Gasteiger partial charge on any atom is -0.384 e. The summed E-state index contributed by atoms with van der Waals surface area (Å²) in [5, 5.41) is 3.60. The molecule has 3 aromatic carbocycles. The van der Waals surface area contributed by atoms with Crippen molar-refractivity contribution in [3.63, 3.8) is 0 Å². The van der Waals surface area contributed by atoms with E-state index in [4.69, 9.17) is 0 Å². The van der Waals surface area contributed by atoms with E-state index in [1.54, 1.807) is 11.8 Å². The molecule has 0 spiro atoms. The van der Waals surface area contributed by atoms with Gasteiger partial charge in [-0.3, -0.25) is 4.79 Å². The Morgan fingerprint density at radius 2 is 1.70 bits per heavy atom. The van der Waals surface area contributed by atoms with E-state index in [2.05, 4.69) is 60.5 Å². The van der Waals surface area contributed by atoms with E-state index in [0.717, 1.165) is 41.7 Å². The van der Waals surface area contributed by atoms with E-state index in [1.807, 2.05) is 53.4 Å². The third-order valence-corrected chi connectivity index (χ3v) is 6.98. The molecule has 4 nitrogen and oxygen atoms in total. The van der Waals surface area contributed by atoms with Gasteiger partial charge in [0, 0.05) is 36.8 Å². The van der Waals surface area contributed by atoms with Crippen LogP contribution >= 0.6 is 11.8 Å². The molecule has 0 aromatic heterocycles. The zero-order valence-electron chi connectivity index (χ0n) is 19.3. The van der Waals surface area contributed by atoms with Crippen LogP contribution in [0.4, 0.5) is 11.4 Å². The van der Waals surface area contributed by atoms with Crippen LogP contribution in [-0.4, -0.2) is 32.1 Å². The summed E-state index contributed by atoms with van der Waals surface area (Å²) >= 11 is 1.63. The van der Waals surface area contributed by atoms with Crippen LogP contribution in [0.1, 0.15) is 18.1 Å². The first-order chi connectivity index (χ1) is 16.2. The van der Waals surface area contributed by atoms with Crippen LogP contribution in [0.25, 0.3) is 0 Å². The largest absolute Gasteiger partial charge is 0.384 e. The molecule has 1 amide bonds. The molecule has 0 atom stereocenters. The topological polar surface area (TPSA) is 35.6 Å². The summed E-state index contributed by atoms with van der Waals surface area (Å²) in [7, 11) is 0. The molecule has 33 heavy (non-hydrogen) atoms. The van der Waals surface area contributed by atoms with Crippen molar-refractivity contribution in [3.05, 3.63) is 107 Å². The Labute approximate surface area is 201 Å². The van der Waals surface area contributed by atoms with Gasteiger partial charge in [0.1, 0.15) is 0 Å². The summed E-state index contributed by atoms with van der Waals surface area (Å²) in [5.74, 6) is 0.857. The molecule has 5 heteroatoms. The number of carbonyl (C=O) groups is 1. The first-order valence-corrected chi connectivity index (χ1v) is 12.5. The number of nitrogens with one attached hydrogen (secondary N) is 1. The molecule has 0 saturated heterocycles. The molecule has 170 valence electrons. The molecule has 4 rings (SSSR count). The van der Waals surface area contributed by atoms with Crippen LogP contribution in [0.15, 0.2) is 95.5 Å². The number of nitrogens with zero attached hydrogens (tertiary/aromatic N) is 2. The van der Waals surface area contributed by atoms with Gasteiger partial charge in [0.25, 0.3) is 5.91 Å². The van der Waals surface area contributed by atoms with E-state index < -0.39 is 0 Å². The lowest BCUT2D eigenvalue weighted by Crippen LogP contribution is -2.33. The predicted molar refractivity (Wildman–Crippen MR) is 141 cm³/mol. The fourth-order valence-electron chi connectivity index (χ4n) is 4.02. The number of hydrogen-bond acceptors (Lipinski definition) is 4. The Hall–Kier alpha value is -3.18. The van der Waals surface area contributed by atoms with Gasteiger partial charge in [0.15, 0.2) is 0 Å². The van der Waals surface area contributed by atoms with Crippen LogP contribution < -0.4 is 15.1 Å². The normalized spacial score (nSPS) is 13.5. The Balaban J connectivity index is 1.47. The molecular formula is C28H31N3OS. The molecule has 1 heterocycles. The summed E-state index contributed by atoms with van der Waals surface area (Å²) < 4.78 is 0. The highest BCUT2D eigenvalue weighted by Gasteiger charge is 2.31. The number of likely N-dealkylation sites (N-methyl/N-ethyl adjacent to an activating group) is 1. The average molecular weight is 458 g/mol. The number of amides is 1. The maximum atomic E-state index is 13.3. The molecule has 0 aliphatic carbocycles. The highest BCUT2D eigenvalue weighted by Crippen LogP contribution is 2.33. The van der Waals surface area contributed by atoms with Crippen LogP contribution in [0.2, 0.25) is 0 Å². The molecule has 0 radical (unpaired) electrons. The van der Waals surface area contributed by atoms with Gasteiger partial charge in [-0.1, -0.05) is 60.7 Å². The SMILES string of the molecule is CCN(CCNC1=C(SCc2ccccc2)C(=O)N(c2ccccc2)C1)c1cccc(C)c1. The second-order valence-electron chi connectivity index (χ2n) is 8.15. The van der Waals surface area contributed by atoms with Gasteiger partial charge in [-0.15, -0.1) is 11.8 Å². The van der Waals surface area contributed by atoms with Crippen LogP contribution in [0.3, 0.4) is 0 Å². The summed E-state index contributed by atoms with van der Waals surface area (Å²) in [5.41, 5.74) is 5.68. The second kappa shape index (κ2) is 11.1. The van der Waals surface area contributed by atoms with Crippen molar-refractivity contribution in [2.45, 2.75) is 19.6 Å². The van der Waals surface area contributed by atoms with E-state index >= 15 is 0 Å². The monoisotopic (exact) mass is 457 g/mol. The Bertz CT molecular complexity index is 1100. The fraction of sp³-hybridized carbons (Fsp3) is 0.250.